The van der Waals surface area contributed by atoms with Crippen molar-refractivity contribution in [2.75, 3.05) is 25.9 Å². The predicted molar refractivity (Wildman–Crippen MR) is 85.3 cm³/mol. The third-order valence-electron chi connectivity index (χ3n) is 3.93. The molecule has 0 bridgehead atoms. The van der Waals surface area contributed by atoms with Gasteiger partial charge in [0, 0.05) is 22.7 Å². The molecule has 21 heavy (non-hydrogen) atoms. The molecule has 5 nitrogen and oxygen atoms in total. The highest BCUT2D eigenvalue weighted by molar-refractivity contribution is 5.95. The molecule has 0 spiro atoms. The maximum absolute atomic E-state index is 12.4. The van der Waals surface area contributed by atoms with Gasteiger partial charge in [-0.2, -0.15) is 0 Å². The summed E-state index contributed by atoms with van der Waals surface area (Å²) in [5.74, 6) is 0.347. The van der Waals surface area contributed by atoms with E-state index in [4.69, 9.17) is 5.73 Å². The van der Waals surface area contributed by atoms with Gasteiger partial charge in [-0.15, -0.1) is 0 Å². The highest BCUT2D eigenvalue weighted by Crippen LogP contribution is 2.22. The van der Waals surface area contributed by atoms with Crippen molar-refractivity contribution in [3.05, 3.63) is 23.4 Å². The average molecular weight is 290 g/mol. The molecule has 0 aromatic carbocycles. The lowest BCUT2D eigenvalue weighted by Crippen LogP contribution is -2.43. The van der Waals surface area contributed by atoms with Crippen molar-refractivity contribution in [2.45, 2.75) is 45.1 Å². The molecule has 5 heteroatoms. The number of nitrogens with one attached hydrogen (secondary N) is 1. The second-order valence-electron chi connectivity index (χ2n) is 6.97. The number of piperidine rings is 1. The van der Waals surface area contributed by atoms with Crippen LogP contribution in [0.2, 0.25) is 0 Å². The Morgan fingerprint density at radius 1 is 1.33 bits per heavy atom. The zero-order valence-corrected chi connectivity index (χ0v) is 13.4. The van der Waals surface area contributed by atoms with E-state index in [0.29, 0.717) is 11.4 Å². The molecule has 1 aliphatic heterocycles. The molecule has 1 amide bonds. The van der Waals surface area contributed by atoms with E-state index < -0.39 is 0 Å². The first-order valence-electron chi connectivity index (χ1n) is 7.53. The van der Waals surface area contributed by atoms with Gasteiger partial charge in [-0.1, -0.05) is 20.8 Å². The second kappa shape index (κ2) is 6.02. The van der Waals surface area contributed by atoms with Crippen LogP contribution in [-0.4, -0.2) is 42.0 Å². The monoisotopic (exact) mass is 290 g/mol. The predicted octanol–water partition coefficient (Wildman–Crippen LogP) is 1.79. The first-order valence-corrected chi connectivity index (χ1v) is 7.53. The van der Waals surface area contributed by atoms with Crippen molar-refractivity contribution in [2.24, 2.45) is 0 Å². The van der Waals surface area contributed by atoms with E-state index in [1.807, 2.05) is 6.07 Å². The summed E-state index contributed by atoms with van der Waals surface area (Å²) in [6.45, 7) is 8.24. The number of anilines is 1. The highest BCUT2D eigenvalue weighted by atomic mass is 16.1. The Morgan fingerprint density at radius 2 is 1.95 bits per heavy atom. The van der Waals surface area contributed by atoms with E-state index >= 15 is 0 Å². The lowest BCUT2D eigenvalue weighted by Gasteiger charge is -2.29. The van der Waals surface area contributed by atoms with Crippen LogP contribution in [0.1, 0.15) is 49.7 Å². The van der Waals surface area contributed by atoms with Gasteiger partial charge in [0.1, 0.15) is 5.82 Å². The zero-order chi connectivity index (χ0) is 15.6. The fourth-order valence-corrected chi connectivity index (χ4v) is 2.49. The first kappa shape index (κ1) is 15.8. The van der Waals surface area contributed by atoms with Crippen LogP contribution in [-0.2, 0) is 5.41 Å². The Balaban J connectivity index is 2.10. The number of amides is 1. The van der Waals surface area contributed by atoms with Crippen LogP contribution >= 0.6 is 0 Å². The van der Waals surface area contributed by atoms with Crippen molar-refractivity contribution in [3.8, 4) is 0 Å². The molecule has 0 saturated carbocycles. The van der Waals surface area contributed by atoms with Crippen LogP contribution in [0.4, 0.5) is 5.82 Å². The second-order valence-corrected chi connectivity index (χ2v) is 6.97. The summed E-state index contributed by atoms with van der Waals surface area (Å²) < 4.78 is 0. The summed E-state index contributed by atoms with van der Waals surface area (Å²) in [5.41, 5.74) is 7.17. The minimum atomic E-state index is -0.127. The Hall–Kier alpha value is -1.62. The van der Waals surface area contributed by atoms with Crippen molar-refractivity contribution < 1.29 is 4.79 Å². The van der Waals surface area contributed by atoms with Crippen molar-refractivity contribution in [3.63, 3.8) is 0 Å². The third-order valence-corrected chi connectivity index (χ3v) is 3.93. The quantitative estimate of drug-likeness (QED) is 0.871. The smallest absolute Gasteiger partial charge is 0.251 e. The third kappa shape index (κ3) is 4.17. The normalized spacial score (nSPS) is 17.7. The lowest BCUT2D eigenvalue weighted by atomic mass is 9.90. The Kier molecular flexibility index (Phi) is 4.52. The largest absolute Gasteiger partial charge is 0.384 e. The molecule has 0 atom stereocenters. The maximum Gasteiger partial charge on any atom is 0.251 e. The van der Waals surface area contributed by atoms with E-state index in [0.717, 1.165) is 31.6 Å². The van der Waals surface area contributed by atoms with E-state index in [2.05, 4.69) is 43.0 Å². The molecule has 1 aliphatic rings. The van der Waals surface area contributed by atoms with E-state index in [-0.39, 0.29) is 17.4 Å². The fraction of sp³-hybridized carbons (Fsp3) is 0.625. The molecule has 2 heterocycles. The average Bonchev–Trinajstić information content (AvgIpc) is 2.39. The number of rotatable bonds is 2. The van der Waals surface area contributed by atoms with Crippen LogP contribution in [0.25, 0.3) is 0 Å². The summed E-state index contributed by atoms with van der Waals surface area (Å²) in [6.07, 6.45) is 1.99. The molecule has 1 fully saturated rings. The van der Waals surface area contributed by atoms with Gasteiger partial charge in [-0.25, -0.2) is 4.98 Å². The molecule has 1 aromatic rings. The summed E-state index contributed by atoms with van der Waals surface area (Å²) in [5, 5.41) is 3.11. The summed E-state index contributed by atoms with van der Waals surface area (Å²) in [7, 11) is 2.11. The lowest BCUT2D eigenvalue weighted by molar-refractivity contribution is 0.0916. The highest BCUT2D eigenvalue weighted by Gasteiger charge is 2.22. The molecule has 2 rings (SSSR count). The number of nitrogens with two attached hydrogens (primary N) is 1. The molecule has 116 valence electrons. The summed E-state index contributed by atoms with van der Waals surface area (Å²) in [4.78, 5) is 19.0. The Bertz CT molecular complexity index is 513. The molecule has 0 unspecified atom stereocenters. The van der Waals surface area contributed by atoms with Gasteiger partial charge in [0.05, 0.1) is 0 Å². The number of nitrogens with zero attached hydrogens (tertiary/aromatic N) is 2. The van der Waals surface area contributed by atoms with E-state index in [1.54, 1.807) is 6.07 Å². The maximum atomic E-state index is 12.4. The van der Waals surface area contributed by atoms with Crippen molar-refractivity contribution in [1.29, 1.82) is 0 Å². The molecular formula is C16H26N4O. The van der Waals surface area contributed by atoms with Gasteiger partial charge in [0.15, 0.2) is 0 Å². The SMILES string of the molecule is CN1CCC(NC(=O)c2cc(N)nc(C(C)(C)C)c2)CC1. The number of pyridine rings is 1. The summed E-state index contributed by atoms with van der Waals surface area (Å²) >= 11 is 0. The van der Waals surface area contributed by atoms with E-state index in [1.165, 1.54) is 0 Å². The number of likely N-dealkylation sites (tertiary alicyclic amines) is 1. The molecule has 0 radical (unpaired) electrons. The first-order chi connectivity index (χ1) is 9.75. The number of hydrogen-bond acceptors (Lipinski definition) is 4. The minimum absolute atomic E-state index is 0.0517. The van der Waals surface area contributed by atoms with Gasteiger partial charge in [-0.3, -0.25) is 4.79 Å². The van der Waals surface area contributed by atoms with Gasteiger partial charge in [0.2, 0.25) is 0 Å². The Labute approximate surface area is 126 Å². The zero-order valence-electron chi connectivity index (χ0n) is 13.4. The fourth-order valence-electron chi connectivity index (χ4n) is 2.49. The number of nitrogen functional groups attached to an aromatic ring is 1. The molecular weight excluding hydrogens is 264 g/mol. The van der Waals surface area contributed by atoms with Crippen LogP contribution in [0.3, 0.4) is 0 Å². The van der Waals surface area contributed by atoms with Gasteiger partial charge >= 0.3 is 0 Å². The van der Waals surface area contributed by atoms with Crippen molar-refractivity contribution in [1.82, 2.24) is 15.2 Å². The van der Waals surface area contributed by atoms with E-state index in [9.17, 15) is 4.79 Å². The molecule has 3 N–H and O–H groups in total. The van der Waals surface area contributed by atoms with Crippen LogP contribution in [0.15, 0.2) is 12.1 Å². The van der Waals surface area contributed by atoms with Gasteiger partial charge in [0.25, 0.3) is 5.91 Å². The number of carbonyl (C=O) groups excluding carboxylic acids is 1. The van der Waals surface area contributed by atoms with Crippen LogP contribution in [0, 0.1) is 0 Å². The Morgan fingerprint density at radius 3 is 2.52 bits per heavy atom. The molecule has 1 aromatic heterocycles. The molecule has 0 aliphatic carbocycles. The van der Waals surface area contributed by atoms with Gasteiger partial charge in [-0.05, 0) is 45.1 Å². The van der Waals surface area contributed by atoms with Gasteiger partial charge < -0.3 is 16.0 Å². The van der Waals surface area contributed by atoms with Crippen molar-refractivity contribution >= 4 is 11.7 Å². The number of carbonyl (C=O) groups is 1. The topological polar surface area (TPSA) is 71.2 Å². The standard InChI is InChI=1S/C16H26N4O/c1-16(2,3)13-9-11(10-14(17)19-13)15(21)18-12-5-7-20(4)8-6-12/h9-10,12H,5-8H2,1-4H3,(H2,17,19)(H,18,21). The van der Waals surface area contributed by atoms with Crippen LogP contribution < -0.4 is 11.1 Å². The number of aromatic nitrogens is 1. The summed E-state index contributed by atoms with van der Waals surface area (Å²) in [6, 6.07) is 3.75. The number of hydrogen-bond donors (Lipinski definition) is 2. The molecule has 1 saturated heterocycles. The minimum Gasteiger partial charge on any atom is -0.384 e. The van der Waals surface area contributed by atoms with Crippen LogP contribution in [0.5, 0.6) is 0 Å².